The Bertz CT molecular complexity index is 451. The molecule has 0 nitrogen and oxygen atoms in total. The SMILES string of the molecule is C[Si]CCC[Si](C)(CCC[Si]C)CCC[Si](C)(CCCCBr)CCC[Si](C)(CCC[Si]C)CCC[Si]C. The summed E-state index contributed by atoms with van der Waals surface area (Å²) in [5.41, 5.74) is 0. The van der Waals surface area contributed by atoms with Crippen LogP contribution in [0.15, 0.2) is 0 Å². The average molecular weight is 690 g/mol. The van der Waals surface area contributed by atoms with Crippen LogP contribution in [0, 0.1) is 0 Å². The second-order valence-electron chi connectivity index (χ2n) is 13.1. The van der Waals surface area contributed by atoms with Gasteiger partial charge in [0.25, 0.3) is 0 Å². The summed E-state index contributed by atoms with van der Waals surface area (Å²) in [7, 11) is 1.49. The first-order valence-electron chi connectivity index (χ1n) is 15.9. The van der Waals surface area contributed by atoms with Crippen LogP contribution >= 0.6 is 15.9 Å². The third-order valence-electron chi connectivity index (χ3n) is 9.11. The third-order valence-corrected chi connectivity index (χ3v) is 27.1. The Balaban J connectivity index is 5.07. The van der Waals surface area contributed by atoms with Crippen molar-refractivity contribution in [3.05, 3.63) is 0 Å². The zero-order valence-corrected chi connectivity index (χ0v) is 35.0. The van der Waals surface area contributed by atoms with Crippen molar-refractivity contribution < 1.29 is 0 Å². The van der Waals surface area contributed by atoms with Crippen LogP contribution in [0.25, 0.3) is 0 Å². The fourth-order valence-electron chi connectivity index (χ4n) is 6.42. The summed E-state index contributed by atoms with van der Waals surface area (Å²) in [6, 6.07) is 20.7. The summed E-state index contributed by atoms with van der Waals surface area (Å²) in [6.45, 7) is 18.1. The van der Waals surface area contributed by atoms with Crippen LogP contribution in [-0.4, -0.2) is 67.6 Å². The van der Waals surface area contributed by atoms with Gasteiger partial charge in [-0.15, -0.1) is 0 Å². The third kappa shape index (κ3) is 21.4. The molecule has 8 heteroatoms. The van der Waals surface area contributed by atoms with Crippen molar-refractivity contribution in [1.29, 1.82) is 0 Å². The molecule has 0 aliphatic carbocycles. The Morgan fingerprint density at radius 3 is 0.865 bits per heavy atom. The van der Waals surface area contributed by atoms with Gasteiger partial charge in [-0.1, -0.05) is 185 Å². The lowest BCUT2D eigenvalue weighted by Gasteiger charge is -2.33. The normalized spacial score (nSPS) is 13.0. The van der Waals surface area contributed by atoms with Crippen LogP contribution in [0.1, 0.15) is 51.4 Å². The number of rotatable bonds is 28. The molecule has 0 aliphatic heterocycles. The van der Waals surface area contributed by atoms with E-state index in [1.54, 1.807) is 67.2 Å². The molecule has 0 aromatic heterocycles. The standard InChI is InChI=1S/C29H65BrSi7/c1-31-17-10-22-36(6,23-11-18-32-2)28-14-26-35(5,21-9-8-16-30)27-15-29-37(7,24-12-19-33-3)25-13-20-34-4/h8-29H2,1-7H3. The Morgan fingerprint density at radius 2 is 0.622 bits per heavy atom. The van der Waals surface area contributed by atoms with Crippen molar-refractivity contribution in [3.63, 3.8) is 0 Å². The van der Waals surface area contributed by atoms with Gasteiger partial charge in [-0.05, 0) is 6.42 Å². The number of halogens is 1. The van der Waals surface area contributed by atoms with Gasteiger partial charge in [0, 0.05) is 43.4 Å². The van der Waals surface area contributed by atoms with Crippen LogP contribution < -0.4 is 0 Å². The number of hydrogen-bond donors (Lipinski definition) is 0. The van der Waals surface area contributed by atoms with Gasteiger partial charge >= 0.3 is 0 Å². The van der Waals surface area contributed by atoms with Crippen molar-refractivity contribution in [1.82, 2.24) is 0 Å². The summed E-state index contributed by atoms with van der Waals surface area (Å²) in [4.78, 5) is 0. The maximum absolute atomic E-state index is 3.72. The quantitative estimate of drug-likeness (QED) is 0.0436. The summed E-state index contributed by atoms with van der Waals surface area (Å²) >= 11 is 3.72. The molecular weight excluding hydrogens is 625 g/mol. The summed E-state index contributed by atoms with van der Waals surface area (Å²) in [5, 5.41) is 1.21. The molecule has 0 N–H and O–H groups in total. The van der Waals surface area contributed by atoms with Crippen LogP contribution in [0.2, 0.25) is 124 Å². The van der Waals surface area contributed by atoms with Crippen molar-refractivity contribution in [2.45, 2.75) is 176 Å². The molecule has 0 unspecified atom stereocenters. The molecule has 0 fully saturated rings. The second-order valence-corrected chi connectivity index (χ2v) is 34.1. The molecule has 0 rings (SSSR count). The highest BCUT2D eigenvalue weighted by atomic mass is 79.9. The minimum Gasteiger partial charge on any atom is -0.0928 e. The second kappa shape index (κ2) is 24.6. The van der Waals surface area contributed by atoms with E-state index in [2.05, 4.69) is 61.8 Å². The molecule has 0 bridgehead atoms. The summed E-state index contributed by atoms with van der Waals surface area (Å²) in [6.07, 6.45) is 12.2. The Morgan fingerprint density at radius 1 is 0.378 bits per heavy atom. The molecule has 0 spiro atoms. The fraction of sp³-hybridized carbons (Fsp3) is 1.00. The molecule has 0 atom stereocenters. The van der Waals surface area contributed by atoms with E-state index in [1.807, 2.05) is 0 Å². The lowest BCUT2D eigenvalue weighted by atomic mass is 10.4. The molecule has 0 saturated carbocycles. The molecule has 0 saturated heterocycles. The van der Waals surface area contributed by atoms with Crippen LogP contribution in [0.3, 0.4) is 0 Å². The van der Waals surface area contributed by atoms with E-state index in [-0.39, 0.29) is 0 Å². The van der Waals surface area contributed by atoms with E-state index >= 15 is 0 Å². The smallest absolute Gasteiger partial charge is 0.0504 e. The van der Waals surface area contributed by atoms with Gasteiger partial charge in [0.1, 0.15) is 0 Å². The highest BCUT2D eigenvalue weighted by Crippen LogP contribution is 2.35. The van der Waals surface area contributed by atoms with E-state index in [9.17, 15) is 0 Å². The molecule has 37 heavy (non-hydrogen) atoms. The molecular formula is C29H65BrSi7. The van der Waals surface area contributed by atoms with Crippen LogP contribution in [0.4, 0.5) is 0 Å². The molecule has 0 aliphatic rings. The van der Waals surface area contributed by atoms with Crippen molar-refractivity contribution >= 4 is 78.2 Å². The Labute approximate surface area is 257 Å². The molecule has 8 radical (unpaired) electrons. The molecule has 0 aromatic rings. The average Bonchev–Trinajstić information content (AvgIpc) is 2.85. The van der Waals surface area contributed by atoms with Gasteiger partial charge in [-0.2, -0.15) is 0 Å². The predicted molar refractivity (Wildman–Crippen MR) is 195 cm³/mol. The monoisotopic (exact) mass is 688 g/mol. The van der Waals surface area contributed by atoms with Crippen LogP contribution in [-0.2, 0) is 0 Å². The van der Waals surface area contributed by atoms with Gasteiger partial charge in [0.05, 0.1) is 24.2 Å². The van der Waals surface area contributed by atoms with E-state index in [1.165, 1.54) is 68.0 Å². The van der Waals surface area contributed by atoms with Crippen molar-refractivity contribution in [2.75, 3.05) is 5.33 Å². The fourth-order valence-corrected chi connectivity index (χ4v) is 22.7. The van der Waals surface area contributed by atoms with Gasteiger partial charge in [-0.3, -0.25) is 0 Å². The topological polar surface area (TPSA) is 0 Å². The number of alkyl halides is 1. The van der Waals surface area contributed by atoms with Gasteiger partial charge in [0.2, 0.25) is 0 Å². The van der Waals surface area contributed by atoms with Crippen LogP contribution in [0.5, 0.6) is 0 Å². The summed E-state index contributed by atoms with van der Waals surface area (Å²) < 4.78 is 0. The molecule has 216 valence electrons. The van der Waals surface area contributed by atoms with E-state index < -0.39 is 24.2 Å². The minimum atomic E-state index is -1.11. The van der Waals surface area contributed by atoms with Gasteiger partial charge in [-0.25, -0.2) is 0 Å². The Kier molecular flexibility index (Phi) is 25.9. The number of hydrogen-bond acceptors (Lipinski definition) is 0. The maximum Gasteiger partial charge on any atom is 0.0504 e. The Hall–Kier alpha value is 2.00. The van der Waals surface area contributed by atoms with Crippen molar-refractivity contribution in [2.24, 2.45) is 0 Å². The highest BCUT2D eigenvalue weighted by molar-refractivity contribution is 9.09. The van der Waals surface area contributed by atoms with Gasteiger partial charge in [0.15, 0.2) is 0 Å². The number of unbranched alkanes of at least 4 members (excludes halogenated alkanes) is 1. The van der Waals surface area contributed by atoms with E-state index in [4.69, 9.17) is 0 Å². The lowest BCUT2D eigenvalue weighted by molar-refractivity contribution is 0.840. The molecule has 0 amide bonds. The summed E-state index contributed by atoms with van der Waals surface area (Å²) in [5.74, 6) is 0. The van der Waals surface area contributed by atoms with Gasteiger partial charge < -0.3 is 0 Å². The van der Waals surface area contributed by atoms with E-state index in [0.717, 1.165) is 38.1 Å². The zero-order chi connectivity index (χ0) is 27.9. The minimum absolute atomic E-state index is 1.03. The van der Waals surface area contributed by atoms with E-state index in [0.29, 0.717) is 0 Å². The molecule has 0 heterocycles. The first-order chi connectivity index (χ1) is 17.7. The molecule has 0 aromatic carbocycles. The zero-order valence-electron chi connectivity index (χ0n) is 26.4. The lowest BCUT2D eigenvalue weighted by Crippen LogP contribution is -2.35. The van der Waals surface area contributed by atoms with Crippen molar-refractivity contribution in [3.8, 4) is 0 Å². The highest BCUT2D eigenvalue weighted by Gasteiger charge is 2.32. The largest absolute Gasteiger partial charge is 0.0928 e. The first-order valence-corrected chi connectivity index (χ1v) is 33.2. The predicted octanol–water partition coefficient (Wildman–Crippen LogP) is 11.4. The maximum atomic E-state index is 3.72. The first kappa shape index (κ1) is 39.0.